The third kappa shape index (κ3) is 3.75. The van der Waals surface area contributed by atoms with Gasteiger partial charge in [-0.3, -0.25) is 9.59 Å². The van der Waals surface area contributed by atoms with Gasteiger partial charge in [0.1, 0.15) is 28.6 Å². The van der Waals surface area contributed by atoms with Crippen molar-refractivity contribution in [2.24, 2.45) is 0 Å². The number of rotatable bonds is 6. The standard InChI is InChI=1S/C20H18N4O8S/c1-3-30-20(27)15-10(2)32-18-16(15)17(21)22-13(23-18)9-31-14(25)8-24-19(26)11-6-4-5-7-12(11)33(24,28)29/h4-7H,3,8-9H2,1-2H3,(H2,21,22,23). The van der Waals surface area contributed by atoms with Crippen LogP contribution in [-0.2, 0) is 30.9 Å². The van der Waals surface area contributed by atoms with Gasteiger partial charge in [-0.2, -0.15) is 4.98 Å². The Balaban J connectivity index is 1.50. The van der Waals surface area contributed by atoms with Crippen molar-refractivity contribution < 1.29 is 36.7 Å². The van der Waals surface area contributed by atoms with E-state index in [9.17, 15) is 22.8 Å². The molecular formula is C20H18N4O8S. The lowest BCUT2D eigenvalue weighted by Crippen LogP contribution is -2.35. The van der Waals surface area contributed by atoms with Gasteiger partial charge in [0.2, 0.25) is 5.71 Å². The number of hydrogen-bond donors (Lipinski definition) is 1. The topological polar surface area (TPSA) is 172 Å². The molecule has 0 saturated heterocycles. The van der Waals surface area contributed by atoms with Crippen molar-refractivity contribution in [3.8, 4) is 0 Å². The molecule has 3 heterocycles. The molecule has 2 aromatic heterocycles. The number of carbonyl (C=O) groups excluding carboxylic acids is 3. The van der Waals surface area contributed by atoms with Gasteiger partial charge in [0.15, 0.2) is 12.4 Å². The third-order valence-corrected chi connectivity index (χ3v) is 6.62. The van der Waals surface area contributed by atoms with Gasteiger partial charge in [-0.05, 0) is 26.0 Å². The molecule has 1 aromatic carbocycles. The van der Waals surface area contributed by atoms with Gasteiger partial charge in [-0.25, -0.2) is 22.5 Å². The second kappa shape index (κ2) is 8.16. The second-order valence-electron chi connectivity index (χ2n) is 6.93. The first-order valence-corrected chi connectivity index (χ1v) is 11.1. The average molecular weight is 474 g/mol. The fraction of sp³-hybridized carbons (Fsp3) is 0.250. The van der Waals surface area contributed by atoms with E-state index in [1.807, 2.05) is 0 Å². The molecule has 2 N–H and O–H groups in total. The molecule has 0 unspecified atom stereocenters. The zero-order valence-corrected chi connectivity index (χ0v) is 18.3. The first kappa shape index (κ1) is 22.2. The van der Waals surface area contributed by atoms with Gasteiger partial charge in [0, 0.05) is 0 Å². The largest absolute Gasteiger partial charge is 0.462 e. The van der Waals surface area contributed by atoms with E-state index in [-0.39, 0.29) is 51.1 Å². The number of aromatic nitrogens is 2. The van der Waals surface area contributed by atoms with Crippen LogP contribution in [0.4, 0.5) is 5.82 Å². The Bertz CT molecular complexity index is 1410. The van der Waals surface area contributed by atoms with E-state index in [1.165, 1.54) is 24.3 Å². The summed E-state index contributed by atoms with van der Waals surface area (Å²) in [5, 5.41) is 0.174. The highest BCUT2D eigenvalue weighted by molar-refractivity contribution is 7.90. The van der Waals surface area contributed by atoms with Crippen molar-refractivity contribution in [3.63, 3.8) is 0 Å². The van der Waals surface area contributed by atoms with E-state index >= 15 is 0 Å². The van der Waals surface area contributed by atoms with Crippen LogP contribution in [0.3, 0.4) is 0 Å². The highest BCUT2D eigenvalue weighted by Gasteiger charge is 2.42. The van der Waals surface area contributed by atoms with Gasteiger partial charge < -0.3 is 19.6 Å². The number of fused-ring (bicyclic) bond motifs is 2. The van der Waals surface area contributed by atoms with Crippen molar-refractivity contribution >= 4 is 44.8 Å². The predicted octanol–water partition coefficient (Wildman–Crippen LogP) is 1.18. The van der Waals surface area contributed by atoms with Gasteiger partial charge in [-0.1, -0.05) is 12.1 Å². The normalized spacial score (nSPS) is 14.4. The maximum absolute atomic E-state index is 12.5. The molecule has 0 spiro atoms. The smallest absolute Gasteiger partial charge is 0.342 e. The van der Waals surface area contributed by atoms with Crippen LogP contribution in [0.15, 0.2) is 33.6 Å². The first-order chi connectivity index (χ1) is 15.6. The number of amides is 1. The van der Waals surface area contributed by atoms with Gasteiger partial charge >= 0.3 is 11.9 Å². The van der Waals surface area contributed by atoms with Crippen LogP contribution in [0.25, 0.3) is 11.1 Å². The number of nitrogens with two attached hydrogens (primary N) is 1. The minimum atomic E-state index is -4.15. The summed E-state index contributed by atoms with van der Waals surface area (Å²) < 4.78 is 41.0. The fourth-order valence-corrected chi connectivity index (χ4v) is 4.91. The summed E-state index contributed by atoms with van der Waals surface area (Å²) in [6.45, 7) is 2.06. The number of benzene rings is 1. The lowest BCUT2D eigenvalue weighted by Gasteiger charge is -2.14. The Kier molecular flexibility index (Phi) is 5.49. The molecule has 1 aliphatic heterocycles. The summed E-state index contributed by atoms with van der Waals surface area (Å²) in [5.74, 6) is -2.35. The van der Waals surface area contributed by atoms with Crippen LogP contribution >= 0.6 is 0 Å². The Hall–Kier alpha value is -4.00. The number of esters is 2. The molecule has 1 aliphatic rings. The number of nitrogen functional groups attached to an aromatic ring is 1. The van der Waals surface area contributed by atoms with Crippen molar-refractivity contribution in [3.05, 3.63) is 47.0 Å². The Morgan fingerprint density at radius 3 is 2.61 bits per heavy atom. The summed E-state index contributed by atoms with van der Waals surface area (Å²) in [4.78, 5) is 44.8. The van der Waals surface area contributed by atoms with Gasteiger partial charge in [0.05, 0.1) is 17.6 Å². The zero-order valence-electron chi connectivity index (χ0n) is 17.5. The third-order valence-electron chi connectivity index (χ3n) is 4.83. The summed E-state index contributed by atoms with van der Waals surface area (Å²) in [7, 11) is -4.15. The molecule has 1 amide bonds. The summed E-state index contributed by atoms with van der Waals surface area (Å²) >= 11 is 0. The molecule has 0 radical (unpaired) electrons. The number of hydrogen-bond acceptors (Lipinski definition) is 11. The second-order valence-corrected chi connectivity index (χ2v) is 8.76. The van der Waals surface area contributed by atoms with Crippen LogP contribution < -0.4 is 5.73 Å². The Morgan fingerprint density at radius 1 is 1.18 bits per heavy atom. The highest BCUT2D eigenvalue weighted by Crippen LogP contribution is 2.30. The molecule has 0 fully saturated rings. The SMILES string of the molecule is CCOC(=O)c1c(C)oc2nc(COC(=O)CN3C(=O)c4ccccc4S3(=O)=O)nc(N)c12. The molecular weight excluding hydrogens is 456 g/mol. The summed E-state index contributed by atoms with van der Waals surface area (Å²) in [6, 6.07) is 5.65. The van der Waals surface area contributed by atoms with Crippen LogP contribution in [0.2, 0.25) is 0 Å². The summed E-state index contributed by atoms with van der Waals surface area (Å²) in [5.41, 5.74) is 6.04. The molecule has 3 aromatic rings. The zero-order chi connectivity index (χ0) is 23.9. The average Bonchev–Trinajstić information content (AvgIpc) is 3.20. The highest BCUT2D eigenvalue weighted by atomic mass is 32.2. The van der Waals surface area contributed by atoms with Crippen LogP contribution in [0.5, 0.6) is 0 Å². The minimum absolute atomic E-state index is 0.00171. The molecule has 33 heavy (non-hydrogen) atoms. The van der Waals surface area contributed by atoms with E-state index in [2.05, 4.69) is 9.97 Å². The molecule has 0 aliphatic carbocycles. The number of sulfonamides is 1. The van der Waals surface area contributed by atoms with E-state index < -0.39 is 41.0 Å². The fourth-order valence-electron chi connectivity index (χ4n) is 3.39. The molecule has 172 valence electrons. The minimum Gasteiger partial charge on any atom is -0.462 e. The molecule has 12 nitrogen and oxygen atoms in total. The molecule has 0 atom stereocenters. The first-order valence-electron chi connectivity index (χ1n) is 9.69. The van der Waals surface area contributed by atoms with Crippen LogP contribution in [0.1, 0.15) is 39.2 Å². The Morgan fingerprint density at radius 2 is 1.91 bits per heavy atom. The van der Waals surface area contributed by atoms with E-state index in [0.29, 0.717) is 4.31 Å². The lowest BCUT2D eigenvalue weighted by molar-refractivity contribution is -0.145. The van der Waals surface area contributed by atoms with E-state index in [4.69, 9.17) is 19.6 Å². The quantitative estimate of drug-likeness (QED) is 0.508. The number of furan rings is 1. The molecule has 0 saturated carbocycles. The number of ether oxygens (including phenoxy) is 2. The predicted molar refractivity (Wildman–Crippen MR) is 111 cm³/mol. The Labute approximate surface area is 187 Å². The van der Waals surface area contributed by atoms with E-state index in [1.54, 1.807) is 13.8 Å². The van der Waals surface area contributed by atoms with Gasteiger partial charge in [0.25, 0.3) is 15.9 Å². The van der Waals surface area contributed by atoms with E-state index in [0.717, 1.165) is 0 Å². The summed E-state index contributed by atoms with van der Waals surface area (Å²) in [6.07, 6.45) is 0. The number of nitrogens with zero attached hydrogens (tertiary/aromatic N) is 3. The molecule has 0 bridgehead atoms. The maximum Gasteiger partial charge on any atom is 0.342 e. The monoisotopic (exact) mass is 474 g/mol. The van der Waals surface area contributed by atoms with Crippen LogP contribution in [0, 0.1) is 6.92 Å². The van der Waals surface area contributed by atoms with Crippen molar-refractivity contribution in [1.82, 2.24) is 14.3 Å². The lowest BCUT2D eigenvalue weighted by atomic mass is 10.2. The number of aryl methyl sites for hydroxylation is 1. The van der Waals surface area contributed by atoms with Crippen molar-refractivity contribution in [1.29, 1.82) is 0 Å². The number of carbonyl (C=O) groups is 3. The maximum atomic E-state index is 12.5. The van der Waals surface area contributed by atoms with Crippen molar-refractivity contribution in [2.45, 2.75) is 25.3 Å². The number of anilines is 1. The molecule has 4 rings (SSSR count). The van der Waals surface area contributed by atoms with Crippen molar-refractivity contribution in [2.75, 3.05) is 18.9 Å². The molecule has 13 heteroatoms. The van der Waals surface area contributed by atoms with Gasteiger partial charge in [-0.15, -0.1) is 0 Å². The van der Waals surface area contributed by atoms with Crippen LogP contribution in [-0.4, -0.2) is 53.7 Å².